The molecule has 0 bridgehead atoms. The van der Waals surface area contributed by atoms with E-state index in [0.717, 1.165) is 29.9 Å². The fourth-order valence-electron chi connectivity index (χ4n) is 4.35. The van der Waals surface area contributed by atoms with Crippen molar-refractivity contribution in [2.75, 3.05) is 23.0 Å². The Kier molecular flexibility index (Phi) is 6.66. The maximum Gasteiger partial charge on any atom is 0.266 e. The quantitative estimate of drug-likeness (QED) is 0.396. The molecule has 1 saturated heterocycles. The van der Waals surface area contributed by atoms with E-state index in [1.807, 2.05) is 26.0 Å². The minimum Gasteiger partial charge on any atom is -0.382 e. The van der Waals surface area contributed by atoms with Crippen molar-refractivity contribution in [2.45, 2.75) is 52.6 Å². The summed E-state index contributed by atoms with van der Waals surface area (Å²) in [5.41, 5.74) is 0.995. The van der Waals surface area contributed by atoms with Crippen LogP contribution in [0.5, 0.6) is 0 Å². The van der Waals surface area contributed by atoms with Crippen LogP contribution in [0.1, 0.15) is 50.1 Å². The fraction of sp³-hybridized carbons (Fsp3) is 0.417. The molecule has 2 aromatic carbocycles. The second-order valence-electron chi connectivity index (χ2n) is 8.82. The number of nitrogens with one attached hydrogen (secondary N) is 2. The average molecular weight is 476 g/mol. The van der Waals surface area contributed by atoms with Crippen LogP contribution >= 0.6 is 7.14 Å². The topological polar surface area (TPSA) is 66.9 Å². The Labute approximate surface area is 191 Å². The summed E-state index contributed by atoms with van der Waals surface area (Å²) in [6.45, 7) is 5.79. The highest BCUT2D eigenvalue weighted by Gasteiger charge is 2.32. The molecule has 0 amide bonds. The number of hydrogen-bond acceptors (Lipinski definition) is 5. The van der Waals surface area contributed by atoms with Gasteiger partial charge in [-0.1, -0.05) is 18.2 Å². The molecule has 176 valence electrons. The SMILES string of the molecule is Cc1nc(NCc2cccc(C(F)F)c2F)c2cc(P3(=O)CCCC3)c(NC(C)C)cc2n1. The van der Waals surface area contributed by atoms with Gasteiger partial charge < -0.3 is 15.2 Å². The molecule has 2 N–H and O–H groups in total. The van der Waals surface area contributed by atoms with Gasteiger partial charge in [0.25, 0.3) is 6.43 Å². The molecule has 0 spiro atoms. The first-order chi connectivity index (χ1) is 15.7. The van der Waals surface area contributed by atoms with Crippen molar-refractivity contribution < 1.29 is 17.7 Å². The van der Waals surface area contributed by atoms with E-state index in [0.29, 0.717) is 34.9 Å². The molecule has 2 heterocycles. The number of benzene rings is 2. The Morgan fingerprint density at radius 3 is 2.52 bits per heavy atom. The van der Waals surface area contributed by atoms with E-state index in [1.165, 1.54) is 12.1 Å². The van der Waals surface area contributed by atoms with Crippen molar-refractivity contribution in [3.8, 4) is 0 Å². The van der Waals surface area contributed by atoms with E-state index in [9.17, 15) is 17.7 Å². The Morgan fingerprint density at radius 1 is 1.12 bits per heavy atom. The van der Waals surface area contributed by atoms with Crippen molar-refractivity contribution in [3.05, 3.63) is 53.1 Å². The van der Waals surface area contributed by atoms with E-state index >= 15 is 0 Å². The Hall–Kier alpha value is -2.60. The highest BCUT2D eigenvalue weighted by molar-refractivity contribution is 7.72. The van der Waals surface area contributed by atoms with E-state index in [4.69, 9.17) is 0 Å². The predicted molar refractivity (Wildman–Crippen MR) is 128 cm³/mol. The molecule has 0 aliphatic carbocycles. The summed E-state index contributed by atoms with van der Waals surface area (Å²) in [6, 6.07) is 7.92. The zero-order chi connectivity index (χ0) is 23.8. The molecule has 1 aromatic heterocycles. The van der Waals surface area contributed by atoms with Crippen LogP contribution in [-0.4, -0.2) is 28.3 Å². The number of anilines is 2. The van der Waals surface area contributed by atoms with Gasteiger partial charge in [-0.2, -0.15) is 0 Å². The van der Waals surface area contributed by atoms with Gasteiger partial charge in [0.1, 0.15) is 24.6 Å². The molecule has 3 aromatic rings. The van der Waals surface area contributed by atoms with Gasteiger partial charge >= 0.3 is 0 Å². The van der Waals surface area contributed by atoms with Gasteiger partial charge in [0.05, 0.1) is 11.1 Å². The van der Waals surface area contributed by atoms with Crippen LogP contribution in [0.3, 0.4) is 0 Å². The molecular formula is C24H28F3N4OP. The third kappa shape index (κ3) is 4.86. The van der Waals surface area contributed by atoms with Crippen LogP contribution in [0, 0.1) is 12.7 Å². The summed E-state index contributed by atoms with van der Waals surface area (Å²) < 4.78 is 54.4. The van der Waals surface area contributed by atoms with Crippen LogP contribution in [0.2, 0.25) is 0 Å². The van der Waals surface area contributed by atoms with Crippen molar-refractivity contribution in [2.24, 2.45) is 0 Å². The maximum atomic E-state index is 14.5. The van der Waals surface area contributed by atoms with Crippen molar-refractivity contribution in [1.29, 1.82) is 0 Å². The van der Waals surface area contributed by atoms with Crippen LogP contribution in [-0.2, 0) is 11.1 Å². The second-order valence-corrected chi connectivity index (χ2v) is 12.0. The number of hydrogen-bond donors (Lipinski definition) is 2. The van der Waals surface area contributed by atoms with E-state index in [2.05, 4.69) is 20.6 Å². The van der Waals surface area contributed by atoms with E-state index in [1.54, 1.807) is 6.92 Å². The largest absolute Gasteiger partial charge is 0.382 e. The van der Waals surface area contributed by atoms with Gasteiger partial charge in [-0.15, -0.1) is 0 Å². The number of rotatable bonds is 7. The zero-order valence-electron chi connectivity index (χ0n) is 19.0. The second kappa shape index (κ2) is 9.34. The summed E-state index contributed by atoms with van der Waals surface area (Å²) in [4.78, 5) is 9.03. The molecule has 1 aliphatic heterocycles. The van der Waals surface area contributed by atoms with Crippen molar-refractivity contribution in [3.63, 3.8) is 0 Å². The molecule has 1 fully saturated rings. The van der Waals surface area contributed by atoms with Gasteiger partial charge in [-0.05, 0) is 45.7 Å². The van der Waals surface area contributed by atoms with Gasteiger partial charge in [-0.3, -0.25) is 0 Å². The summed E-state index contributed by atoms with van der Waals surface area (Å²) in [5.74, 6) is 0.0552. The lowest BCUT2D eigenvalue weighted by molar-refractivity contribution is 0.146. The smallest absolute Gasteiger partial charge is 0.266 e. The first-order valence-corrected chi connectivity index (χ1v) is 13.2. The van der Waals surface area contributed by atoms with E-state index in [-0.39, 0.29) is 18.2 Å². The molecule has 1 aliphatic rings. The molecular weight excluding hydrogens is 448 g/mol. The Morgan fingerprint density at radius 2 is 1.85 bits per heavy atom. The number of aromatic nitrogens is 2. The minimum absolute atomic E-state index is 0.0169. The third-order valence-electron chi connectivity index (χ3n) is 5.89. The van der Waals surface area contributed by atoms with Crippen LogP contribution in [0.15, 0.2) is 30.3 Å². The number of nitrogens with zero attached hydrogens (tertiary/aromatic N) is 2. The average Bonchev–Trinajstić information content (AvgIpc) is 3.19. The number of fused-ring (bicyclic) bond motifs is 1. The minimum atomic E-state index is -2.88. The first kappa shape index (κ1) is 23.6. The van der Waals surface area contributed by atoms with Crippen LogP contribution < -0.4 is 15.9 Å². The Balaban J connectivity index is 1.77. The van der Waals surface area contributed by atoms with Gasteiger partial charge in [0, 0.05) is 46.9 Å². The molecule has 5 nitrogen and oxygen atoms in total. The van der Waals surface area contributed by atoms with Gasteiger partial charge in [0.15, 0.2) is 0 Å². The molecule has 0 saturated carbocycles. The van der Waals surface area contributed by atoms with Crippen molar-refractivity contribution in [1.82, 2.24) is 9.97 Å². The lowest BCUT2D eigenvalue weighted by Gasteiger charge is -2.21. The molecule has 33 heavy (non-hydrogen) atoms. The summed E-state index contributed by atoms with van der Waals surface area (Å²) in [5, 5.41) is 7.98. The maximum absolute atomic E-state index is 14.5. The molecule has 0 unspecified atom stereocenters. The molecule has 9 heteroatoms. The number of alkyl halides is 2. The summed E-state index contributed by atoms with van der Waals surface area (Å²) in [6.07, 6.45) is 0.334. The lowest BCUT2D eigenvalue weighted by atomic mass is 10.1. The number of aryl methyl sites for hydroxylation is 1. The van der Waals surface area contributed by atoms with Gasteiger partial charge in [0.2, 0.25) is 0 Å². The predicted octanol–water partition coefficient (Wildman–Crippen LogP) is 6.23. The normalized spacial score (nSPS) is 15.5. The highest BCUT2D eigenvalue weighted by Crippen LogP contribution is 2.53. The molecule has 0 radical (unpaired) electrons. The van der Waals surface area contributed by atoms with E-state index < -0.39 is 24.9 Å². The van der Waals surface area contributed by atoms with Gasteiger partial charge in [-0.25, -0.2) is 23.1 Å². The fourth-order valence-corrected chi connectivity index (χ4v) is 7.46. The zero-order valence-corrected chi connectivity index (χ0v) is 19.9. The first-order valence-electron chi connectivity index (χ1n) is 11.1. The summed E-state index contributed by atoms with van der Waals surface area (Å²) in [7, 11) is -2.54. The monoisotopic (exact) mass is 476 g/mol. The van der Waals surface area contributed by atoms with Crippen LogP contribution in [0.25, 0.3) is 10.9 Å². The van der Waals surface area contributed by atoms with Crippen LogP contribution in [0.4, 0.5) is 24.7 Å². The van der Waals surface area contributed by atoms with Crippen molar-refractivity contribution >= 4 is 34.9 Å². The Bertz CT molecular complexity index is 1220. The highest BCUT2D eigenvalue weighted by atomic mass is 31.2. The summed E-state index contributed by atoms with van der Waals surface area (Å²) >= 11 is 0. The number of halogens is 3. The third-order valence-corrected chi connectivity index (χ3v) is 9.21. The standard InChI is InChI=1S/C24H28F3N4OP/c1-14(2)29-20-12-19-18(11-21(20)33(32)9-4-5-10-33)24(31-15(3)30-19)28-13-16-7-6-8-17(22(16)25)23(26)27/h6-8,11-12,14,23,29H,4-5,9-10,13H2,1-3H3,(H,28,30,31). The molecule has 4 rings (SSSR count). The lowest BCUT2D eigenvalue weighted by Crippen LogP contribution is -2.19. The molecule has 0 atom stereocenters.